The van der Waals surface area contributed by atoms with Gasteiger partial charge in [0.05, 0.1) is 0 Å². The van der Waals surface area contributed by atoms with Crippen molar-refractivity contribution in [2.45, 2.75) is 0 Å². The van der Waals surface area contributed by atoms with E-state index in [1.165, 1.54) is 18.2 Å². The molecule has 0 unspecified atom stereocenters. The average Bonchev–Trinajstić information content (AvgIpc) is 3.10. The molecule has 4 rings (SSSR count). The number of nitrogens with one attached hydrogen (secondary N) is 1. The summed E-state index contributed by atoms with van der Waals surface area (Å²) in [6.45, 7) is 1.61. The number of benzene rings is 2. The van der Waals surface area contributed by atoms with Crippen LogP contribution in [0.25, 0.3) is 0 Å². The SMILES string of the molecule is O=C(Nc1ccc2c(c1)OCO2)N1CCN(c2c(F)cccc2F)CC1. The Morgan fingerprint density at radius 3 is 2.38 bits per heavy atom. The lowest BCUT2D eigenvalue weighted by molar-refractivity contribution is 0.174. The van der Waals surface area contributed by atoms with Gasteiger partial charge in [-0.2, -0.15) is 0 Å². The number of carbonyl (C=O) groups excluding carboxylic acids is 1. The molecule has 2 aliphatic heterocycles. The molecule has 0 aromatic heterocycles. The predicted octanol–water partition coefficient (Wildman–Crippen LogP) is 3.05. The van der Waals surface area contributed by atoms with Crippen LogP contribution >= 0.6 is 0 Å². The van der Waals surface area contributed by atoms with Gasteiger partial charge in [-0.3, -0.25) is 0 Å². The highest BCUT2D eigenvalue weighted by Crippen LogP contribution is 2.34. The largest absolute Gasteiger partial charge is 0.454 e. The number of piperazine rings is 1. The van der Waals surface area contributed by atoms with Gasteiger partial charge < -0.3 is 24.6 Å². The van der Waals surface area contributed by atoms with Crippen molar-refractivity contribution in [2.75, 3.05) is 43.2 Å². The molecule has 2 aromatic carbocycles. The maximum atomic E-state index is 13.9. The van der Waals surface area contributed by atoms with E-state index in [9.17, 15) is 13.6 Å². The van der Waals surface area contributed by atoms with Crippen LogP contribution in [-0.2, 0) is 0 Å². The summed E-state index contributed by atoms with van der Waals surface area (Å²) < 4.78 is 38.3. The number of fused-ring (bicyclic) bond motifs is 1. The van der Waals surface area contributed by atoms with Crippen LogP contribution in [0.15, 0.2) is 36.4 Å². The van der Waals surface area contributed by atoms with E-state index in [0.29, 0.717) is 43.4 Å². The molecule has 2 heterocycles. The van der Waals surface area contributed by atoms with Crippen molar-refractivity contribution < 1.29 is 23.0 Å². The van der Waals surface area contributed by atoms with Crippen molar-refractivity contribution >= 4 is 17.4 Å². The van der Waals surface area contributed by atoms with Gasteiger partial charge in [-0.15, -0.1) is 0 Å². The number of hydrogen-bond acceptors (Lipinski definition) is 4. The number of halogens is 2. The number of ether oxygens (including phenoxy) is 2. The molecule has 136 valence electrons. The summed E-state index contributed by atoms with van der Waals surface area (Å²) in [6, 6.07) is 8.70. The van der Waals surface area contributed by atoms with E-state index >= 15 is 0 Å². The Kier molecular flexibility index (Phi) is 4.24. The third-order valence-corrected chi connectivity index (χ3v) is 4.44. The summed E-state index contributed by atoms with van der Waals surface area (Å²) >= 11 is 0. The van der Waals surface area contributed by atoms with Gasteiger partial charge in [0.15, 0.2) is 11.5 Å². The zero-order valence-corrected chi connectivity index (χ0v) is 13.9. The molecule has 2 amide bonds. The molecule has 1 N–H and O–H groups in total. The minimum absolute atomic E-state index is 0.0386. The van der Waals surface area contributed by atoms with E-state index < -0.39 is 11.6 Å². The second kappa shape index (κ2) is 6.70. The van der Waals surface area contributed by atoms with Gasteiger partial charge in [0.1, 0.15) is 17.3 Å². The first-order valence-corrected chi connectivity index (χ1v) is 8.26. The smallest absolute Gasteiger partial charge is 0.321 e. The number of carbonyl (C=O) groups is 1. The molecule has 6 nitrogen and oxygen atoms in total. The topological polar surface area (TPSA) is 54.0 Å². The molecule has 0 spiro atoms. The molecule has 0 aliphatic carbocycles. The van der Waals surface area contributed by atoms with Crippen molar-refractivity contribution in [1.82, 2.24) is 4.90 Å². The highest BCUT2D eigenvalue weighted by atomic mass is 19.1. The molecule has 1 fully saturated rings. The minimum atomic E-state index is -0.594. The van der Waals surface area contributed by atoms with Crippen LogP contribution in [0.5, 0.6) is 11.5 Å². The van der Waals surface area contributed by atoms with Gasteiger partial charge >= 0.3 is 6.03 Å². The summed E-state index contributed by atoms with van der Waals surface area (Å²) in [5.41, 5.74) is 0.560. The van der Waals surface area contributed by atoms with E-state index in [-0.39, 0.29) is 18.5 Å². The van der Waals surface area contributed by atoms with Crippen molar-refractivity contribution in [1.29, 1.82) is 0 Å². The molecule has 1 saturated heterocycles. The fourth-order valence-corrected chi connectivity index (χ4v) is 3.10. The monoisotopic (exact) mass is 361 g/mol. The van der Waals surface area contributed by atoms with E-state index in [0.717, 1.165) is 0 Å². The quantitative estimate of drug-likeness (QED) is 0.893. The van der Waals surface area contributed by atoms with Crippen LogP contribution in [0.1, 0.15) is 0 Å². The molecule has 8 heteroatoms. The van der Waals surface area contributed by atoms with E-state index in [2.05, 4.69) is 5.32 Å². The first kappa shape index (κ1) is 16.4. The van der Waals surface area contributed by atoms with Crippen molar-refractivity contribution in [3.05, 3.63) is 48.0 Å². The van der Waals surface area contributed by atoms with Crippen LogP contribution in [-0.4, -0.2) is 43.9 Å². The molecule has 26 heavy (non-hydrogen) atoms. The number of nitrogens with zero attached hydrogens (tertiary/aromatic N) is 2. The Morgan fingerprint density at radius 1 is 0.962 bits per heavy atom. The lowest BCUT2D eigenvalue weighted by Gasteiger charge is -2.36. The van der Waals surface area contributed by atoms with Crippen LogP contribution in [0, 0.1) is 11.6 Å². The Bertz CT molecular complexity index is 818. The first-order valence-electron chi connectivity index (χ1n) is 8.26. The third kappa shape index (κ3) is 3.10. The number of hydrogen-bond donors (Lipinski definition) is 1. The van der Waals surface area contributed by atoms with Crippen LogP contribution in [0.4, 0.5) is 25.0 Å². The Balaban J connectivity index is 1.38. The van der Waals surface area contributed by atoms with Crippen molar-refractivity contribution in [3.8, 4) is 11.5 Å². The Labute approximate surface area is 148 Å². The lowest BCUT2D eigenvalue weighted by Crippen LogP contribution is -2.50. The standard InChI is InChI=1S/C18H17F2N3O3/c19-13-2-1-3-14(20)17(13)22-6-8-23(9-7-22)18(24)21-12-4-5-15-16(10-12)26-11-25-15/h1-5,10H,6-9,11H2,(H,21,24). The van der Waals surface area contributed by atoms with E-state index in [1.807, 2.05) is 0 Å². The first-order chi connectivity index (χ1) is 12.6. The summed E-state index contributed by atoms with van der Waals surface area (Å²) in [5.74, 6) is 0.0395. The molecule has 0 atom stereocenters. The third-order valence-electron chi connectivity index (χ3n) is 4.44. The van der Waals surface area contributed by atoms with Gasteiger partial charge in [-0.05, 0) is 24.3 Å². The molecule has 2 aliphatic rings. The molecular weight excluding hydrogens is 344 g/mol. The molecule has 0 saturated carbocycles. The molecular formula is C18H17F2N3O3. The van der Waals surface area contributed by atoms with Crippen LogP contribution in [0.3, 0.4) is 0 Å². The maximum Gasteiger partial charge on any atom is 0.321 e. The van der Waals surface area contributed by atoms with Crippen molar-refractivity contribution in [2.24, 2.45) is 0 Å². The summed E-state index contributed by atoms with van der Waals surface area (Å²) in [6.07, 6.45) is 0. The average molecular weight is 361 g/mol. The summed E-state index contributed by atoms with van der Waals surface area (Å²) in [4.78, 5) is 15.7. The lowest BCUT2D eigenvalue weighted by atomic mass is 10.2. The zero-order valence-electron chi connectivity index (χ0n) is 13.9. The second-order valence-corrected chi connectivity index (χ2v) is 6.04. The number of urea groups is 1. The summed E-state index contributed by atoms with van der Waals surface area (Å²) in [5, 5.41) is 2.80. The van der Waals surface area contributed by atoms with Crippen LogP contribution < -0.4 is 19.7 Å². The van der Waals surface area contributed by atoms with E-state index in [1.54, 1.807) is 28.0 Å². The van der Waals surface area contributed by atoms with Gasteiger partial charge in [-0.25, -0.2) is 13.6 Å². The van der Waals surface area contributed by atoms with Gasteiger partial charge in [-0.1, -0.05) is 6.07 Å². The Morgan fingerprint density at radius 2 is 1.65 bits per heavy atom. The van der Waals surface area contributed by atoms with E-state index in [4.69, 9.17) is 9.47 Å². The zero-order chi connectivity index (χ0) is 18.1. The minimum Gasteiger partial charge on any atom is -0.454 e. The number of amides is 2. The van der Waals surface area contributed by atoms with Gasteiger partial charge in [0.25, 0.3) is 0 Å². The number of rotatable bonds is 2. The maximum absolute atomic E-state index is 13.9. The fraction of sp³-hybridized carbons (Fsp3) is 0.278. The van der Waals surface area contributed by atoms with Crippen LogP contribution in [0.2, 0.25) is 0 Å². The number of anilines is 2. The van der Waals surface area contributed by atoms with Gasteiger partial charge in [0, 0.05) is 37.9 Å². The normalized spacial score (nSPS) is 15.9. The molecule has 0 radical (unpaired) electrons. The highest BCUT2D eigenvalue weighted by Gasteiger charge is 2.25. The fourth-order valence-electron chi connectivity index (χ4n) is 3.10. The van der Waals surface area contributed by atoms with Crippen molar-refractivity contribution in [3.63, 3.8) is 0 Å². The Hall–Kier alpha value is -3.03. The molecule has 2 aromatic rings. The second-order valence-electron chi connectivity index (χ2n) is 6.04. The summed E-state index contributed by atoms with van der Waals surface area (Å²) in [7, 11) is 0. The predicted molar refractivity (Wildman–Crippen MR) is 91.7 cm³/mol. The molecule has 0 bridgehead atoms. The number of para-hydroxylation sites is 1. The van der Waals surface area contributed by atoms with Gasteiger partial charge in [0.2, 0.25) is 6.79 Å². The highest BCUT2D eigenvalue weighted by molar-refractivity contribution is 5.90.